The zero-order valence-corrected chi connectivity index (χ0v) is 16.4. The van der Waals surface area contributed by atoms with E-state index in [1.807, 2.05) is 24.3 Å². The first kappa shape index (κ1) is 22.9. The zero-order chi connectivity index (χ0) is 19.2. The highest BCUT2D eigenvalue weighted by molar-refractivity contribution is 6.64. The van der Waals surface area contributed by atoms with Crippen LogP contribution in [0, 0.1) is 0 Å². The van der Waals surface area contributed by atoms with Crippen molar-refractivity contribution in [1.82, 2.24) is 10.6 Å². The molecule has 26 heavy (non-hydrogen) atoms. The van der Waals surface area contributed by atoms with Gasteiger partial charge >= 0.3 is 0 Å². The highest BCUT2D eigenvalue weighted by Crippen LogP contribution is 2.27. The molecule has 0 aliphatic carbocycles. The fraction of sp³-hybridized carbons (Fsp3) is 0.632. The molecule has 1 aromatic rings. The van der Waals surface area contributed by atoms with E-state index >= 15 is 0 Å². The number of rotatable bonds is 15. The van der Waals surface area contributed by atoms with Crippen molar-refractivity contribution in [3.8, 4) is 5.75 Å². The van der Waals surface area contributed by atoms with Crippen molar-refractivity contribution in [2.45, 2.75) is 37.6 Å². The molecule has 6 nitrogen and oxygen atoms in total. The van der Waals surface area contributed by atoms with Crippen molar-refractivity contribution in [3.63, 3.8) is 0 Å². The minimum absolute atomic E-state index is 0.0312. The van der Waals surface area contributed by atoms with Crippen molar-refractivity contribution in [3.05, 3.63) is 29.8 Å². The minimum atomic E-state index is -0.399. The Labute approximate surface area is 162 Å². The Morgan fingerprint density at radius 1 is 1.08 bits per heavy atom. The maximum atomic E-state index is 12.2. The van der Waals surface area contributed by atoms with Gasteiger partial charge in [-0.1, -0.05) is 12.1 Å². The first-order valence-corrected chi connectivity index (χ1v) is 9.69. The van der Waals surface area contributed by atoms with Crippen molar-refractivity contribution >= 4 is 16.8 Å². The van der Waals surface area contributed by atoms with Gasteiger partial charge in [-0.05, 0) is 87.7 Å². The molecule has 0 fully saturated rings. The fourth-order valence-corrected chi connectivity index (χ4v) is 3.19. The molecule has 0 radical (unpaired) electrons. The summed E-state index contributed by atoms with van der Waals surface area (Å²) < 4.78 is 5.20. The first-order valence-electron chi connectivity index (χ1n) is 9.31. The quantitative estimate of drug-likeness (QED) is 0.270. The van der Waals surface area contributed by atoms with Crippen LogP contribution in [0.2, 0.25) is 0 Å². The third-order valence-electron chi connectivity index (χ3n) is 4.34. The van der Waals surface area contributed by atoms with E-state index in [1.54, 1.807) is 7.11 Å². The number of carbonyl (C=O) groups is 1. The fourth-order valence-electron chi connectivity index (χ4n) is 2.91. The van der Waals surface area contributed by atoms with Gasteiger partial charge in [0.05, 0.1) is 13.0 Å². The molecule has 0 saturated carbocycles. The second-order valence-electron chi connectivity index (χ2n) is 6.29. The van der Waals surface area contributed by atoms with E-state index in [1.165, 1.54) is 0 Å². The van der Waals surface area contributed by atoms with Crippen molar-refractivity contribution in [2.24, 2.45) is 11.5 Å². The Morgan fingerprint density at radius 3 is 2.27 bits per heavy atom. The number of hydrogen-bond acceptors (Lipinski definition) is 6. The predicted molar refractivity (Wildman–Crippen MR) is 108 cm³/mol. The van der Waals surface area contributed by atoms with Crippen LogP contribution in [0.3, 0.4) is 0 Å². The Bertz CT molecular complexity index is 499. The lowest BCUT2D eigenvalue weighted by Crippen LogP contribution is -2.39. The van der Waals surface area contributed by atoms with Gasteiger partial charge in [0.25, 0.3) is 0 Å². The van der Waals surface area contributed by atoms with Gasteiger partial charge in [0.15, 0.2) is 0 Å². The monoisotopic (exact) mass is 384 g/mol. The molecular weight excluding hydrogens is 352 g/mol. The minimum Gasteiger partial charge on any atom is -0.497 e. The van der Waals surface area contributed by atoms with Crippen LogP contribution in [0.1, 0.15) is 37.2 Å². The summed E-state index contributed by atoms with van der Waals surface area (Å²) in [6, 6.07) is 7.49. The average molecular weight is 385 g/mol. The maximum absolute atomic E-state index is 12.2. The van der Waals surface area contributed by atoms with Crippen LogP contribution in [0.15, 0.2) is 24.3 Å². The van der Waals surface area contributed by atoms with Gasteiger partial charge in [-0.15, -0.1) is 0 Å². The molecule has 7 heteroatoms. The van der Waals surface area contributed by atoms with Crippen LogP contribution in [-0.2, 0) is 4.79 Å². The first-order chi connectivity index (χ1) is 12.6. The summed E-state index contributed by atoms with van der Waals surface area (Å²) in [4.78, 5) is 12.2. The number of hydrogen-bond donors (Lipinski definition) is 4. The number of methoxy groups -OCH3 is 1. The van der Waals surface area contributed by atoms with Gasteiger partial charge in [0, 0.05) is 6.04 Å². The largest absolute Gasteiger partial charge is 0.497 e. The Balaban J connectivity index is 2.75. The van der Waals surface area contributed by atoms with Crippen LogP contribution in [0.25, 0.3) is 0 Å². The maximum Gasteiger partial charge on any atom is 0.230 e. The molecule has 0 saturated heterocycles. The van der Waals surface area contributed by atoms with E-state index in [2.05, 4.69) is 10.6 Å². The summed E-state index contributed by atoms with van der Waals surface area (Å²) in [5.41, 5.74) is 12.0. The molecule has 0 amide bonds. The van der Waals surface area contributed by atoms with E-state index < -0.39 is 5.92 Å². The van der Waals surface area contributed by atoms with Crippen molar-refractivity contribution in [2.75, 3.05) is 39.8 Å². The summed E-state index contributed by atoms with van der Waals surface area (Å²) in [6.07, 6.45) is 3.61. The summed E-state index contributed by atoms with van der Waals surface area (Å²) in [6.45, 7) is 3.87. The molecule has 0 heterocycles. The lowest BCUT2D eigenvalue weighted by atomic mass is 9.89. The van der Waals surface area contributed by atoms with E-state index in [9.17, 15) is 4.79 Å². The Morgan fingerprint density at radius 2 is 1.69 bits per heavy atom. The van der Waals surface area contributed by atoms with Crippen LogP contribution in [0.4, 0.5) is 0 Å². The van der Waals surface area contributed by atoms with Gasteiger partial charge in [0.1, 0.15) is 5.75 Å². The molecule has 0 aliphatic rings. The highest BCUT2D eigenvalue weighted by Gasteiger charge is 2.28. The van der Waals surface area contributed by atoms with Crippen molar-refractivity contribution < 1.29 is 9.53 Å². The molecule has 0 spiro atoms. The molecule has 2 unspecified atom stereocenters. The number of ether oxygens (including phenoxy) is 1. The van der Waals surface area contributed by atoms with Crippen LogP contribution in [0.5, 0.6) is 5.75 Å². The molecule has 1 rings (SSSR count). The number of nitrogens with two attached hydrogens (primary N) is 2. The van der Waals surface area contributed by atoms with Crippen LogP contribution < -0.4 is 26.8 Å². The van der Waals surface area contributed by atoms with Crippen molar-refractivity contribution in [1.29, 1.82) is 0 Å². The van der Waals surface area contributed by atoms with Crippen LogP contribution in [-0.4, -0.2) is 51.1 Å². The topological polar surface area (TPSA) is 102 Å². The third kappa shape index (κ3) is 8.47. The predicted octanol–water partition coefficient (Wildman–Crippen LogP) is 1.57. The molecule has 6 N–H and O–H groups in total. The molecule has 0 aromatic heterocycles. The molecule has 2 atom stereocenters. The number of carbonyl (C=O) groups excluding carboxylic acids is 1. The summed E-state index contributed by atoms with van der Waals surface area (Å²) in [7, 11) is 1.62. The molecule has 0 bridgehead atoms. The normalized spacial score (nSPS) is 13.4. The van der Waals surface area contributed by atoms with Crippen LogP contribution >= 0.6 is 11.6 Å². The highest BCUT2D eigenvalue weighted by atomic mass is 35.5. The van der Waals surface area contributed by atoms with Gasteiger partial charge in [0.2, 0.25) is 5.24 Å². The Hall–Kier alpha value is -1.18. The number of benzene rings is 1. The van der Waals surface area contributed by atoms with Gasteiger partial charge < -0.3 is 26.8 Å². The summed E-state index contributed by atoms with van der Waals surface area (Å²) >= 11 is 5.98. The second kappa shape index (κ2) is 13.9. The van der Waals surface area contributed by atoms with E-state index in [0.717, 1.165) is 56.6 Å². The smallest absolute Gasteiger partial charge is 0.230 e. The molecule has 1 aromatic carbocycles. The average Bonchev–Trinajstić information content (AvgIpc) is 2.64. The third-order valence-corrected chi connectivity index (χ3v) is 4.57. The van der Waals surface area contributed by atoms with E-state index in [4.69, 9.17) is 27.8 Å². The lowest BCUT2D eigenvalue weighted by Gasteiger charge is -2.26. The molecule has 148 valence electrons. The second-order valence-corrected chi connectivity index (χ2v) is 6.66. The van der Waals surface area contributed by atoms with Gasteiger partial charge in [-0.2, -0.15) is 0 Å². The summed E-state index contributed by atoms with van der Waals surface area (Å²) in [5.74, 6) is 0.357. The van der Waals surface area contributed by atoms with E-state index in [0.29, 0.717) is 13.1 Å². The Kier molecular flexibility index (Phi) is 12.3. The number of nitrogens with one attached hydrogen (secondary N) is 2. The SMILES string of the molecule is COc1ccc(C(C(=O)Cl)C(CCCNCCCN)NCCCN)cc1. The molecular formula is C19H33ClN4O2. The van der Waals surface area contributed by atoms with Gasteiger partial charge in [-0.25, -0.2) is 0 Å². The number of halogens is 1. The lowest BCUT2D eigenvalue weighted by molar-refractivity contribution is -0.113. The van der Waals surface area contributed by atoms with E-state index in [-0.39, 0.29) is 11.3 Å². The summed E-state index contributed by atoms with van der Waals surface area (Å²) in [5, 5.41) is 6.49. The zero-order valence-electron chi connectivity index (χ0n) is 15.7. The standard InChI is InChI=1S/C19H33ClN4O2/c1-26-16-8-6-15(7-9-16)18(19(20)25)17(24-14-4-11-22)5-2-12-23-13-3-10-21/h6-9,17-18,23-24H,2-5,10-14,21-22H2,1H3. The molecule has 0 aliphatic heterocycles. The van der Waals surface area contributed by atoms with Gasteiger partial charge in [-0.3, -0.25) is 4.79 Å².